The van der Waals surface area contributed by atoms with Gasteiger partial charge in [0.15, 0.2) is 0 Å². The highest BCUT2D eigenvalue weighted by atomic mass is 16.6. The molecule has 0 saturated carbocycles. The van der Waals surface area contributed by atoms with Crippen LogP contribution in [0.5, 0.6) is 0 Å². The van der Waals surface area contributed by atoms with E-state index in [0.717, 1.165) is 19.3 Å². The van der Waals surface area contributed by atoms with Gasteiger partial charge in [0.1, 0.15) is 5.60 Å². The first-order valence-corrected chi connectivity index (χ1v) is 5.88. The van der Waals surface area contributed by atoms with Gasteiger partial charge < -0.3 is 15.4 Å². The summed E-state index contributed by atoms with van der Waals surface area (Å²) < 4.78 is 5.32. The lowest BCUT2D eigenvalue weighted by Crippen LogP contribution is -2.38. The Morgan fingerprint density at radius 1 is 1.31 bits per heavy atom. The van der Waals surface area contributed by atoms with Crippen molar-refractivity contribution in [3.05, 3.63) is 6.92 Å². The van der Waals surface area contributed by atoms with Gasteiger partial charge in [0, 0.05) is 13.1 Å². The third-order valence-corrected chi connectivity index (χ3v) is 1.96. The molecule has 0 heterocycles. The average Bonchev–Trinajstić information content (AvgIpc) is 2.15. The topological polar surface area (TPSA) is 55.6 Å². The third-order valence-electron chi connectivity index (χ3n) is 1.96. The smallest absolute Gasteiger partial charge is 0.410 e. The van der Waals surface area contributed by atoms with Crippen molar-refractivity contribution in [1.29, 1.82) is 0 Å². The maximum atomic E-state index is 11.8. The predicted octanol–water partition coefficient (Wildman–Crippen LogP) is 2.19. The van der Waals surface area contributed by atoms with Gasteiger partial charge >= 0.3 is 6.09 Å². The monoisotopic (exact) mass is 229 g/mol. The van der Waals surface area contributed by atoms with E-state index in [1.165, 1.54) is 0 Å². The molecule has 0 aliphatic carbocycles. The number of amides is 1. The molecular weight excluding hydrogens is 204 g/mol. The Labute approximate surface area is 99.1 Å². The molecule has 0 aromatic rings. The Morgan fingerprint density at radius 2 is 1.88 bits per heavy atom. The van der Waals surface area contributed by atoms with Crippen LogP contribution in [0, 0.1) is 6.92 Å². The third kappa shape index (κ3) is 7.51. The fourth-order valence-corrected chi connectivity index (χ4v) is 1.21. The lowest BCUT2D eigenvalue weighted by atomic mass is 10.2. The number of nitrogens with two attached hydrogens (primary N) is 1. The van der Waals surface area contributed by atoms with Crippen LogP contribution in [0.3, 0.4) is 0 Å². The Hall–Kier alpha value is -0.770. The normalized spacial score (nSPS) is 11.3. The molecule has 4 heteroatoms. The van der Waals surface area contributed by atoms with Crippen LogP contribution < -0.4 is 5.73 Å². The zero-order valence-corrected chi connectivity index (χ0v) is 10.8. The van der Waals surface area contributed by atoms with Crippen molar-refractivity contribution in [3.8, 4) is 0 Å². The minimum absolute atomic E-state index is 0.255. The SMILES string of the molecule is [CH2]CCCN(CCCN)C(=O)OC(C)(C)C. The minimum atomic E-state index is -0.442. The minimum Gasteiger partial charge on any atom is -0.444 e. The molecular formula is C12H25N2O2. The van der Waals surface area contributed by atoms with Crippen LogP contribution in [-0.4, -0.2) is 36.2 Å². The van der Waals surface area contributed by atoms with Gasteiger partial charge in [-0.3, -0.25) is 0 Å². The fraction of sp³-hybridized carbons (Fsp3) is 0.833. The first-order valence-electron chi connectivity index (χ1n) is 5.88. The number of rotatable bonds is 6. The molecule has 16 heavy (non-hydrogen) atoms. The molecule has 0 rings (SSSR count). The second-order valence-electron chi connectivity index (χ2n) is 4.82. The molecule has 0 aromatic heterocycles. The van der Waals surface area contributed by atoms with E-state index in [-0.39, 0.29) is 6.09 Å². The van der Waals surface area contributed by atoms with Crippen LogP contribution in [-0.2, 0) is 4.74 Å². The molecule has 95 valence electrons. The summed E-state index contributed by atoms with van der Waals surface area (Å²) in [5.41, 5.74) is 5.00. The van der Waals surface area contributed by atoms with Gasteiger partial charge in [0.25, 0.3) is 0 Å². The number of nitrogens with zero attached hydrogens (tertiary/aromatic N) is 1. The molecule has 1 amide bonds. The van der Waals surface area contributed by atoms with Crippen molar-refractivity contribution >= 4 is 6.09 Å². The van der Waals surface area contributed by atoms with Crippen LogP contribution in [0.25, 0.3) is 0 Å². The first-order chi connectivity index (χ1) is 7.40. The van der Waals surface area contributed by atoms with E-state index in [1.807, 2.05) is 20.8 Å². The van der Waals surface area contributed by atoms with Gasteiger partial charge in [-0.1, -0.05) is 13.3 Å². The van der Waals surface area contributed by atoms with Crippen molar-refractivity contribution < 1.29 is 9.53 Å². The van der Waals surface area contributed by atoms with Crippen molar-refractivity contribution in [3.63, 3.8) is 0 Å². The van der Waals surface area contributed by atoms with Gasteiger partial charge in [-0.05, 0) is 40.2 Å². The summed E-state index contributed by atoms with van der Waals surface area (Å²) in [5, 5.41) is 0. The molecule has 0 unspecified atom stereocenters. The second kappa shape index (κ2) is 7.49. The van der Waals surface area contributed by atoms with Gasteiger partial charge in [-0.15, -0.1) is 0 Å². The van der Waals surface area contributed by atoms with E-state index in [9.17, 15) is 4.79 Å². The molecule has 0 spiro atoms. The summed E-state index contributed by atoms with van der Waals surface area (Å²) >= 11 is 0. The van der Waals surface area contributed by atoms with Crippen LogP contribution in [0.2, 0.25) is 0 Å². The zero-order chi connectivity index (χ0) is 12.6. The highest BCUT2D eigenvalue weighted by Crippen LogP contribution is 2.10. The largest absolute Gasteiger partial charge is 0.444 e. The number of hydrogen-bond acceptors (Lipinski definition) is 3. The fourth-order valence-electron chi connectivity index (χ4n) is 1.21. The molecule has 4 nitrogen and oxygen atoms in total. The first kappa shape index (κ1) is 15.2. The molecule has 0 saturated heterocycles. The van der Waals surface area contributed by atoms with E-state index >= 15 is 0 Å². The number of carbonyl (C=O) groups excluding carboxylic acids is 1. The highest BCUT2D eigenvalue weighted by Gasteiger charge is 2.21. The van der Waals surface area contributed by atoms with Crippen molar-refractivity contribution in [2.75, 3.05) is 19.6 Å². The van der Waals surface area contributed by atoms with E-state index in [0.29, 0.717) is 19.6 Å². The summed E-state index contributed by atoms with van der Waals surface area (Å²) in [5.74, 6) is 0. The second-order valence-corrected chi connectivity index (χ2v) is 4.82. The lowest BCUT2D eigenvalue weighted by Gasteiger charge is -2.27. The van der Waals surface area contributed by atoms with Crippen molar-refractivity contribution in [2.24, 2.45) is 5.73 Å². The summed E-state index contributed by atoms with van der Waals surface area (Å²) in [7, 11) is 0. The van der Waals surface area contributed by atoms with Crippen LogP contribution in [0.1, 0.15) is 40.0 Å². The van der Waals surface area contributed by atoms with Gasteiger partial charge in [-0.2, -0.15) is 0 Å². The molecule has 0 atom stereocenters. The van der Waals surface area contributed by atoms with Crippen LogP contribution >= 0.6 is 0 Å². The Kier molecular flexibility index (Phi) is 7.13. The van der Waals surface area contributed by atoms with E-state index in [1.54, 1.807) is 4.90 Å². The lowest BCUT2D eigenvalue weighted by molar-refractivity contribution is 0.0247. The number of carbonyl (C=O) groups is 1. The summed E-state index contributed by atoms with van der Waals surface area (Å²) in [6.45, 7) is 11.3. The Morgan fingerprint density at radius 3 is 2.31 bits per heavy atom. The maximum absolute atomic E-state index is 11.8. The van der Waals surface area contributed by atoms with E-state index in [2.05, 4.69) is 6.92 Å². The zero-order valence-electron chi connectivity index (χ0n) is 10.8. The van der Waals surface area contributed by atoms with E-state index < -0.39 is 5.60 Å². The van der Waals surface area contributed by atoms with Gasteiger partial charge in [0.2, 0.25) is 0 Å². The quantitative estimate of drug-likeness (QED) is 0.759. The van der Waals surface area contributed by atoms with Crippen LogP contribution in [0.15, 0.2) is 0 Å². The van der Waals surface area contributed by atoms with Crippen molar-refractivity contribution in [2.45, 2.75) is 45.6 Å². The molecule has 2 N–H and O–H groups in total. The number of ether oxygens (including phenoxy) is 1. The predicted molar refractivity (Wildman–Crippen MR) is 66.1 cm³/mol. The Balaban J connectivity index is 4.19. The molecule has 1 radical (unpaired) electrons. The highest BCUT2D eigenvalue weighted by molar-refractivity contribution is 5.68. The number of unbranched alkanes of at least 4 members (excludes halogenated alkanes) is 1. The van der Waals surface area contributed by atoms with Crippen LogP contribution in [0.4, 0.5) is 4.79 Å². The standard InChI is InChI=1S/C12H25N2O2/c1-5-6-9-14(10-7-8-13)11(15)16-12(2,3)4/h1,5-10,13H2,2-4H3. The van der Waals surface area contributed by atoms with Gasteiger partial charge in [-0.25, -0.2) is 4.79 Å². The van der Waals surface area contributed by atoms with Crippen molar-refractivity contribution in [1.82, 2.24) is 4.90 Å². The molecule has 0 fully saturated rings. The maximum Gasteiger partial charge on any atom is 0.410 e. The molecule has 0 aliphatic rings. The Bertz CT molecular complexity index is 192. The summed E-state index contributed by atoms with van der Waals surface area (Å²) in [6, 6.07) is 0. The molecule has 0 bridgehead atoms. The average molecular weight is 229 g/mol. The van der Waals surface area contributed by atoms with Gasteiger partial charge in [0.05, 0.1) is 0 Å². The molecule has 0 aliphatic heterocycles. The molecule has 0 aromatic carbocycles. The summed E-state index contributed by atoms with van der Waals surface area (Å²) in [4.78, 5) is 13.5. The summed E-state index contributed by atoms with van der Waals surface area (Å²) in [6.07, 6.45) is 2.26. The number of hydrogen-bond donors (Lipinski definition) is 1. The van der Waals surface area contributed by atoms with E-state index in [4.69, 9.17) is 10.5 Å².